The van der Waals surface area contributed by atoms with E-state index in [1.807, 2.05) is 42.5 Å². The molecule has 0 heterocycles. The Morgan fingerprint density at radius 3 is 2.18 bits per heavy atom. The number of carbonyl (C=O) groups excluding carboxylic acids is 1. The Balaban J connectivity index is 1.55. The average Bonchev–Trinajstić information content (AvgIpc) is 2.54. The molecule has 0 aliphatic carbocycles. The number of urea groups is 1. The maximum absolute atomic E-state index is 11.7. The van der Waals surface area contributed by atoms with E-state index in [2.05, 4.69) is 22.8 Å². The number of aryl methyl sites for hydroxylation is 1. The SMILES string of the molecule is Nc1ccc(CCNC(=O)NCCCc2ccccc2)cc1. The first-order valence-electron chi connectivity index (χ1n) is 7.64. The van der Waals surface area contributed by atoms with Crippen LogP contribution in [0.4, 0.5) is 10.5 Å². The van der Waals surface area contributed by atoms with Crippen molar-refractivity contribution >= 4 is 11.7 Å². The van der Waals surface area contributed by atoms with Crippen molar-refractivity contribution < 1.29 is 4.79 Å². The summed E-state index contributed by atoms with van der Waals surface area (Å²) in [6, 6.07) is 17.9. The number of nitrogens with one attached hydrogen (secondary N) is 2. The van der Waals surface area contributed by atoms with Crippen LogP contribution in [0.1, 0.15) is 17.5 Å². The number of hydrogen-bond acceptors (Lipinski definition) is 2. The van der Waals surface area contributed by atoms with E-state index in [1.54, 1.807) is 0 Å². The minimum Gasteiger partial charge on any atom is -0.399 e. The van der Waals surface area contributed by atoms with Crippen LogP contribution in [-0.2, 0) is 12.8 Å². The van der Waals surface area contributed by atoms with E-state index in [0.29, 0.717) is 13.1 Å². The van der Waals surface area contributed by atoms with Gasteiger partial charge in [-0.25, -0.2) is 4.79 Å². The van der Waals surface area contributed by atoms with E-state index in [0.717, 1.165) is 24.9 Å². The number of carbonyl (C=O) groups is 1. The van der Waals surface area contributed by atoms with Gasteiger partial charge in [0.25, 0.3) is 0 Å². The van der Waals surface area contributed by atoms with Crippen LogP contribution in [0.3, 0.4) is 0 Å². The van der Waals surface area contributed by atoms with Crippen molar-refractivity contribution in [2.75, 3.05) is 18.8 Å². The molecule has 4 nitrogen and oxygen atoms in total. The monoisotopic (exact) mass is 297 g/mol. The first-order chi connectivity index (χ1) is 10.7. The van der Waals surface area contributed by atoms with Crippen molar-refractivity contribution in [2.24, 2.45) is 0 Å². The van der Waals surface area contributed by atoms with E-state index >= 15 is 0 Å². The lowest BCUT2D eigenvalue weighted by Crippen LogP contribution is -2.37. The molecule has 116 valence electrons. The normalized spacial score (nSPS) is 10.2. The Morgan fingerprint density at radius 1 is 0.818 bits per heavy atom. The van der Waals surface area contributed by atoms with Crippen molar-refractivity contribution in [3.05, 3.63) is 65.7 Å². The topological polar surface area (TPSA) is 67.1 Å². The number of nitrogen functional groups attached to an aromatic ring is 1. The van der Waals surface area contributed by atoms with Crippen molar-refractivity contribution in [3.63, 3.8) is 0 Å². The van der Waals surface area contributed by atoms with E-state index in [4.69, 9.17) is 5.73 Å². The summed E-state index contributed by atoms with van der Waals surface area (Å²) in [7, 11) is 0. The zero-order valence-corrected chi connectivity index (χ0v) is 12.7. The van der Waals surface area contributed by atoms with Gasteiger partial charge in [-0.15, -0.1) is 0 Å². The molecule has 2 rings (SSSR count). The summed E-state index contributed by atoms with van der Waals surface area (Å²) in [6.07, 6.45) is 2.72. The van der Waals surface area contributed by atoms with Gasteiger partial charge in [0.05, 0.1) is 0 Å². The maximum Gasteiger partial charge on any atom is 0.314 e. The molecule has 2 aromatic carbocycles. The van der Waals surface area contributed by atoms with E-state index in [9.17, 15) is 4.79 Å². The van der Waals surface area contributed by atoms with Crippen LogP contribution < -0.4 is 16.4 Å². The van der Waals surface area contributed by atoms with Gasteiger partial charge in [0.2, 0.25) is 0 Å². The highest BCUT2D eigenvalue weighted by molar-refractivity contribution is 5.73. The summed E-state index contributed by atoms with van der Waals surface area (Å²) in [5.74, 6) is 0. The van der Waals surface area contributed by atoms with E-state index < -0.39 is 0 Å². The number of rotatable bonds is 7. The predicted molar refractivity (Wildman–Crippen MR) is 90.7 cm³/mol. The third kappa shape index (κ3) is 5.87. The second-order valence-electron chi connectivity index (χ2n) is 5.26. The fraction of sp³-hybridized carbons (Fsp3) is 0.278. The van der Waals surface area contributed by atoms with Gasteiger partial charge in [-0.2, -0.15) is 0 Å². The van der Waals surface area contributed by atoms with E-state index in [1.165, 1.54) is 11.1 Å². The summed E-state index contributed by atoms with van der Waals surface area (Å²) < 4.78 is 0. The Labute approximate surface area is 131 Å². The molecule has 0 aromatic heterocycles. The Bertz CT molecular complexity index is 567. The predicted octanol–water partition coefficient (Wildman–Crippen LogP) is 2.74. The van der Waals surface area contributed by atoms with Crippen LogP contribution in [0.25, 0.3) is 0 Å². The maximum atomic E-state index is 11.7. The van der Waals surface area contributed by atoms with Gasteiger partial charge in [0, 0.05) is 18.8 Å². The fourth-order valence-electron chi connectivity index (χ4n) is 2.21. The highest BCUT2D eigenvalue weighted by atomic mass is 16.2. The first-order valence-corrected chi connectivity index (χ1v) is 7.64. The Kier molecular flexibility index (Phi) is 6.30. The molecule has 4 N–H and O–H groups in total. The molecule has 0 radical (unpaired) electrons. The molecule has 0 spiro atoms. The largest absolute Gasteiger partial charge is 0.399 e. The van der Waals surface area contributed by atoms with Crippen LogP contribution in [0, 0.1) is 0 Å². The van der Waals surface area contributed by atoms with Gasteiger partial charge in [-0.05, 0) is 42.5 Å². The molecule has 0 fully saturated rings. The third-order valence-corrected chi connectivity index (χ3v) is 3.45. The first kappa shape index (κ1) is 15.9. The highest BCUT2D eigenvalue weighted by Gasteiger charge is 2.00. The van der Waals surface area contributed by atoms with Crippen LogP contribution in [0.15, 0.2) is 54.6 Å². The summed E-state index contributed by atoms with van der Waals surface area (Å²) in [5, 5.41) is 5.74. The number of anilines is 1. The molecular weight excluding hydrogens is 274 g/mol. The molecule has 4 heteroatoms. The van der Waals surface area contributed by atoms with Crippen molar-refractivity contribution in [2.45, 2.75) is 19.3 Å². The summed E-state index contributed by atoms with van der Waals surface area (Å²) in [4.78, 5) is 11.7. The minimum absolute atomic E-state index is 0.108. The quantitative estimate of drug-likeness (QED) is 0.543. The zero-order chi connectivity index (χ0) is 15.6. The number of nitrogens with two attached hydrogens (primary N) is 1. The van der Waals surface area contributed by atoms with Crippen molar-refractivity contribution in [1.29, 1.82) is 0 Å². The molecule has 0 aliphatic heterocycles. The summed E-state index contributed by atoms with van der Waals surface area (Å²) in [6.45, 7) is 1.30. The number of hydrogen-bond donors (Lipinski definition) is 3. The zero-order valence-electron chi connectivity index (χ0n) is 12.7. The highest BCUT2D eigenvalue weighted by Crippen LogP contribution is 2.05. The molecule has 0 saturated heterocycles. The Hall–Kier alpha value is -2.49. The van der Waals surface area contributed by atoms with Gasteiger partial charge < -0.3 is 16.4 Å². The Morgan fingerprint density at radius 2 is 1.45 bits per heavy atom. The smallest absolute Gasteiger partial charge is 0.314 e. The second kappa shape index (κ2) is 8.72. The molecule has 0 aliphatic rings. The molecule has 0 atom stereocenters. The lowest BCUT2D eigenvalue weighted by Gasteiger charge is -2.08. The van der Waals surface area contributed by atoms with Crippen LogP contribution >= 0.6 is 0 Å². The molecule has 0 unspecified atom stereocenters. The van der Waals surface area contributed by atoms with Crippen molar-refractivity contribution in [3.8, 4) is 0 Å². The van der Waals surface area contributed by atoms with Gasteiger partial charge in [0.15, 0.2) is 0 Å². The molecule has 0 bridgehead atoms. The molecule has 2 aromatic rings. The lowest BCUT2D eigenvalue weighted by atomic mass is 10.1. The average molecular weight is 297 g/mol. The molecular formula is C18H23N3O. The van der Waals surface area contributed by atoms with Gasteiger partial charge >= 0.3 is 6.03 Å². The summed E-state index contributed by atoms with van der Waals surface area (Å²) >= 11 is 0. The molecule has 22 heavy (non-hydrogen) atoms. The van der Waals surface area contributed by atoms with Gasteiger partial charge in [-0.3, -0.25) is 0 Å². The van der Waals surface area contributed by atoms with Crippen molar-refractivity contribution in [1.82, 2.24) is 10.6 Å². The lowest BCUT2D eigenvalue weighted by molar-refractivity contribution is 0.241. The third-order valence-electron chi connectivity index (χ3n) is 3.45. The number of amides is 2. The minimum atomic E-state index is -0.108. The standard InChI is InChI=1S/C18H23N3O/c19-17-10-8-16(9-11-17)12-14-21-18(22)20-13-4-7-15-5-2-1-3-6-15/h1-3,5-6,8-11H,4,7,12-14,19H2,(H2,20,21,22). The second-order valence-corrected chi connectivity index (χ2v) is 5.26. The number of benzene rings is 2. The summed E-state index contributed by atoms with van der Waals surface area (Å²) in [5.41, 5.74) is 8.86. The van der Waals surface area contributed by atoms with E-state index in [-0.39, 0.29) is 6.03 Å². The fourth-order valence-corrected chi connectivity index (χ4v) is 2.21. The van der Waals surface area contributed by atoms with Crippen LogP contribution in [0.2, 0.25) is 0 Å². The molecule has 0 saturated carbocycles. The van der Waals surface area contributed by atoms with Gasteiger partial charge in [0.1, 0.15) is 0 Å². The molecule has 2 amide bonds. The van der Waals surface area contributed by atoms with Crippen LogP contribution in [0.5, 0.6) is 0 Å². The van der Waals surface area contributed by atoms with Crippen LogP contribution in [-0.4, -0.2) is 19.1 Å². The van der Waals surface area contributed by atoms with Gasteiger partial charge in [-0.1, -0.05) is 42.5 Å².